The third kappa shape index (κ3) is 2.90. The van der Waals surface area contributed by atoms with E-state index in [2.05, 4.69) is 0 Å². The molecular weight excluding hydrogens is 300 g/mol. The summed E-state index contributed by atoms with van der Waals surface area (Å²) in [6, 6.07) is 6.84. The summed E-state index contributed by atoms with van der Waals surface area (Å²) in [7, 11) is 0. The molecule has 3 unspecified atom stereocenters. The summed E-state index contributed by atoms with van der Waals surface area (Å²) in [6.45, 7) is 0. The zero-order valence-electron chi connectivity index (χ0n) is 10.9. The van der Waals surface area contributed by atoms with E-state index in [4.69, 9.17) is 16.7 Å². The fourth-order valence-electron chi connectivity index (χ4n) is 2.80. The van der Waals surface area contributed by atoms with Crippen molar-refractivity contribution in [2.24, 2.45) is 0 Å². The number of halogens is 1. The first-order valence-corrected chi connectivity index (χ1v) is 8.07. The maximum absolute atomic E-state index is 11.9. The second-order valence-corrected chi connectivity index (χ2v) is 6.87. The Balaban J connectivity index is 2.35. The van der Waals surface area contributed by atoms with Gasteiger partial charge < -0.3 is 9.66 Å². The molecule has 1 fully saturated rings. The predicted octanol–water partition coefficient (Wildman–Crippen LogP) is 2.91. The van der Waals surface area contributed by atoms with E-state index in [1.54, 1.807) is 24.3 Å². The Labute approximate surface area is 125 Å². The van der Waals surface area contributed by atoms with Crippen LogP contribution in [-0.4, -0.2) is 25.2 Å². The Bertz CT molecular complexity index is 516. The lowest BCUT2D eigenvalue weighted by molar-refractivity contribution is -0.136. The van der Waals surface area contributed by atoms with E-state index in [0.29, 0.717) is 24.0 Å². The van der Waals surface area contributed by atoms with E-state index >= 15 is 0 Å². The molecule has 4 nitrogen and oxygen atoms in total. The Hall–Kier alpha value is -0.910. The van der Waals surface area contributed by atoms with Gasteiger partial charge in [0.1, 0.15) is 4.75 Å². The molecule has 0 amide bonds. The molecular formula is C14H17ClO4S. The minimum Gasteiger partial charge on any atom is -0.481 e. The molecule has 1 aromatic carbocycles. The van der Waals surface area contributed by atoms with Crippen LogP contribution in [0.4, 0.5) is 0 Å². The Morgan fingerprint density at radius 1 is 1.35 bits per heavy atom. The third-order valence-electron chi connectivity index (χ3n) is 3.87. The van der Waals surface area contributed by atoms with Crippen LogP contribution >= 0.6 is 11.6 Å². The lowest BCUT2D eigenvalue weighted by atomic mass is 9.82. The van der Waals surface area contributed by atoms with Gasteiger partial charge in [-0.15, -0.1) is 11.6 Å². The largest absolute Gasteiger partial charge is 0.481 e. The van der Waals surface area contributed by atoms with E-state index in [1.807, 2.05) is 0 Å². The molecule has 0 bridgehead atoms. The number of hydrogen-bond acceptors (Lipinski definition) is 2. The summed E-state index contributed by atoms with van der Waals surface area (Å²) in [6.07, 6.45) is 3.06. The molecule has 3 atom stereocenters. The quantitative estimate of drug-likeness (QED) is 0.661. The standard InChI is InChI=1S/C14H17ClO4S/c15-12-3-1-2-8-14(12,20(18)19)11-6-4-10(5-7-11)9-13(16)17/h4-7,12H,1-3,8-9H2,(H,16,17)(H,18,19). The Kier molecular flexibility index (Phi) is 4.83. The first-order chi connectivity index (χ1) is 9.46. The van der Waals surface area contributed by atoms with Gasteiger partial charge in [0.05, 0.1) is 11.8 Å². The first kappa shape index (κ1) is 15.5. The normalized spacial score (nSPS) is 28.0. The Morgan fingerprint density at radius 3 is 2.50 bits per heavy atom. The number of alkyl halides is 1. The van der Waals surface area contributed by atoms with E-state index in [1.165, 1.54) is 0 Å². The number of carboxylic acids is 1. The summed E-state index contributed by atoms with van der Waals surface area (Å²) < 4.78 is 20.7. The lowest BCUT2D eigenvalue weighted by Gasteiger charge is -2.38. The molecule has 0 spiro atoms. The molecule has 1 aromatic rings. The third-order valence-corrected chi connectivity index (χ3v) is 5.94. The molecule has 0 saturated heterocycles. The second kappa shape index (κ2) is 6.24. The van der Waals surface area contributed by atoms with Crippen LogP contribution < -0.4 is 0 Å². The van der Waals surface area contributed by atoms with Crippen LogP contribution in [0.5, 0.6) is 0 Å². The molecule has 0 aliphatic heterocycles. The Morgan fingerprint density at radius 2 is 2.00 bits per heavy atom. The molecule has 2 N–H and O–H groups in total. The monoisotopic (exact) mass is 316 g/mol. The number of aliphatic carboxylic acids is 1. The molecule has 0 radical (unpaired) electrons. The molecule has 0 heterocycles. The van der Waals surface area contributed by atoms with Gasteiger partial charge in [-0.1, -0.05) is 37.1 Å². The minimum absolute atomic E-state index is 0.0558. The molecule has 110 valence electrons. The van der Waals surface area contributed by atoms with Crippen LogP contribution in [0.25, 0.3) is 0 Å². The predicted molar refractivity (Wildman–Crippen MR) is 78.3 cm³/mol. The maximum atomic E-state index is 11.9. The van der Waals surface area contributed by atoms with Gasteiger partial charge >= 0.3 is 5.97 Å². The van der Waals surface area contributed by atoms with Crippen molar-refractivity contribution in [2.75, 3.05) is 0 Å². The highest BCUT2D eigenvalue weighted by Crippen LogP contribution is 2.44. The van der Waals surface area contributed by atoms with Crippen molar-refractivity contribution < 1.29 is 18.7 Å². The van der Waals surface area contributed by atoms with E-state index in [9.17, 15) is 13.6 Å². The molecule has 1 aliphatic rings. The molecule has 1 aliphatic carbocycles. The van der Waals surface area contributed by atoms with Gasteiger partial charge in [0.15, 0.2) is 11.1 Å². The lowest BCUT2D eigenvalue weighted by Crippen LogP contribution is -2.42. The van der Waals surface area contributed by atoms with Crippen LogP contribution in [-0.2, 0) is 27.0 Å². The van der Waals surface area contributed by atoms with Crippen molar-refractivity contribution in [1.29, 1.82) is 0 Å². The number of rotatable bonds is 4. The summed E-state index contributed by atoms with van der Waals surface area (Å²) in [4.78, 5) is 10.7. The zero-order chi connectivity index (χ0) is 14.8. The number of carboxylic acid groups (broad SMARTS) is 1. The maximum Gasteiger partial charge on any atom is 0.307 e. The SMILES string of the molecule is O=C(O)Cc1ccc(C2(S(=O)O)CCCCC2Cl)cc1. The van der Waals surface area contributed by atoms with Crippen LogP contribution in [0.3, 0.4) is 0 Å². The topological polar surface area (TPSA) is 74.6 Å². The van der Waals surface area contributed by atoms with E-state index < -0.39 is 21.8 Å². The summed E-state index contributed by atoms with van der Waals surface area (Å²) in [5.74, 6) is -0.897. The van der Waals surface area contributed by atoms with Crippen molar-refractivity contribution in [3.05, 3.63) is 35.4 Å². The van der Waals surface area contributed by atoms with Crippen LogP contribution in [0.15, 0.2) is 24.3 Å². The average Bonchev–Trinajstić information content (AvgIpc) is 2.39. The summed E-state index contributed by atoms with van der Waals surface area (Å²) in [5, 5.41) is 8.37. The second-order valence-electron chi connectivity index (χ2n) is 5.12. The van der Waals surface area contributed by atoms with Gasteiger partial charge in [0.25, 0.3) is 0 Å². The van der Waals surface area contributed by atoms with Gasteiger partial charge in [-0.25, -0.2) is 4.21 Å². The van der Waals surface area contributed by atoms with Gasteiger partial charge in [-0.3, -0.25) is 4.79 Å². The fourth-order valence-corrected chi connectivity index (χ4v) is 4.41. The van der Waals surface area contributed by atoms with Gasteiger partial charge in [-0.05, 0) is 24.0 Å². The highest BCUT2D eigenvalue weighted by atomic mass is 35.5. The van der Waals surface area contributed by atoms with Crippen LogP contribution in [0, 0.1) is 0 Å². The number of benzene rings is 1. The number of hydrogen-bond donors (Lipinski definition) is 2. The van der Waals surface area contributed by atoms with E-state index in [0.717, 1.165) is 12.8 Å². The molecule has 1 saturated carbocycles. The van der Waals surface area contributed by atoms with Crippen molar-refractivity contribution in [3.8, 4) is 0 Å². The first-order valence-electron chi connectivity index (χ1n) is 6.53. The zero-order valence-corrected chi connectivity index (χ0v) is 12.5. The van der Waals surface area contributed by atoms with Crippen molar-refractivity contribution in [1.82, 2.24) is 0 Å². The van der Waals surface area contributed by atoms with Gasteiger partial charge in [-0.2, -0.15) is 0 Å². The summed E-state index contributed by atoms with van der Waals surface area (Å²) in [5.41, 5.74) is 1.38. The van der Waals surface area contributed by atoms with Crippen molar-refractivity contribution in [3.63, 3.8) is 0 Å². The van der Waals surface area contributed by atoms with Crippen LogP contribution in [0.1, 0.15) is 36.8 Å². The average molecular weight is 317 g/mol. The van der Waals surface area contributed by atoms with Gasteiger partial charge in [0.2, 0.25) is 0 Å². The fraction of sp³-hybridized carbons (Fsp3) is 0.500. The van der Waals surface area contributed by atoms with Gasteiger partial charge in [0, 0.05) is 0 Å². The highest BCUT2D eigenvalue weighted by molar-refractivity contribution is 7.80. The van der Waals surface area contributed by atoms with E-state index in [-0.39, 0.29) is 11.8 Å². The smallest absolute Gasteiger partial charge is 0.307 e. The number of carbonyl (C=O) groups is 1. The molecule has 0 aromatic heterocycles. The highest BCUT2D eigenvalue weighted by Gasteiger charge is 2.46. The summed E-state index contributed by atoms with van der Waals surface area (Å²) >= 11 is 4.29. The van der Waals surface area contributed by atoms with Crippen molar-refractivity contribution in [2.45, 2.75) is 42.2 Å². The minimum atomic E-state index is -2.06. The molecule has 2 rings (SSSR count). The molecule has 6 heteroatoms. The van der Waals surface area contributed by atoms with Crippen LogP contribution in [0.2, 0.25) is 0 Å². The molecule has 20 heavy (non-hydrogen) atoms. The van der Waals surface area contributed by atoms with Crippen molar-refractivity contribution >= 4 is 28.7 Å².